The Morgan fingerprint density at radius 1 is 0.516 bits per heavy atom. The van der Waals surface area contributed by atoms with Crippen LogP contribution in [0.1, 0.15) is 59.3 Å². The Balaban J connectivity index is -0.000000174. The summed E-state index contributed by atoms with van der Waals surface area (Å²) in [6.45, 7) is 4.90. The SMILES string of the molecule is CC(=O)OC(=O)CCCN.CC(=O)OC(=O)CCCN.CC(=O)OC(=O)CCCN.[AlH3]. The second kappa shape index (κ2) is 25.9. The molecule has 12 nitrogen and oxygen atoms in total. The number of ether oxygens (including phenoxy) is 3. The largest absolute Gasteiger partial charge is 0.393 e. The van der Waals surface area contributed by atoms with Gasteiger partial charge in [0.15, 0.2) is 17.4 Å². The lowest BCUT2D eigenvalue weighted by molar-refractivity contribution is -0.159. The van der Waals surface area contributed by atoms with Crippen LogP contribution in [0.3, 0.4) is 0 Å². The average molecular weight is 465 g/mol. The van der Waals surface area contributed by atoms with E-state index >= 15 is 0 Å². The summed E-state index contributed by atoms with van der Waals surface area (Å²) < 4.78 is 12.7. The summed E-state index contributed by atoms with van der Waals surface area (Å²) in [7, 11) is 0. The molecule has 0 heterocycles. The second-order valence-corrected chi connectivity index (χ2v) is 5.57. The Kier molecular flexibility index (Phi) is 30.2. The van der Waals surface area contributed by atoms with Crippen molar-refractivity contribution in [3.8, 4) is 0 Å². The Morgan fingerprint density at radius 3 is 0.839 bits per heavy atom. The fraction of sp³-hybridized carbons (Fsp3) is 0.667. The van der Waals surface area contributed by atoms with Crippen molar-refractivity contribution in [3.05, 3.63) is 0 Å². The number of carbonyl (C=O) groups is 6. The molecule has 0 saturated carbocycles. The maximum atomic E-state index is 10.5. The Bertz CT molecular complexity index is 481. The smallest absolute Gasteiger partial charge is 0.313 e. The van der Waals surface area contributed by atoms with Gasteiger partial charge in [0.05, 0.1) is 0 Å². The molecular formula is C18H36AlN3O9. The predicted octanol–water partition coefficient (Wildman–Crippen LogP) is -1.74. The average Bonchev–Trinajstić information content (AvgIpc) is 2.62. The van der Waals surface area contributed by atoms with Crippen molar-refractivity contribution < 1.29 is 43.0 Å². The van der Waals surface area contributed by atoms with Crippen LogP contribution in [0, 0.1) is 0 Å². The molecule has 6 N–H and O–H groups in total. The molecule has 0 aliphatic rings. The van der Waals surface area contributed by atoms with Gasteiger partial charge in [-0.15, -0.1) is 0 Å². The minimum atomic E-state index is -0.568. The minimum absolute atomic E-state index is 0. The first-order valence-electron chi connectivity index (χ1n) is 9.23. The quantitative estimate of drug-likeness (QED) is 0.150. The summed E-state index contributed by atoms with van der Waals surface area (Å²) in [6, 6.07) is 0. The molecule has 0 aromatic carbocycles. The number of rotatable bonds is 9. The molecule has 0 rings (SSSR count). The molecule has 0 fully saturated rings. The summed E-state index contributed by atoms with van der Waals surface area (Å²) in [5.41, 5.74) is 15.3. The van der Waals surface area contributed by atoms with Crippen LogP contribution in [0.5, 0.6) is 0 Å². The fourth-order valence-electron chi connectivity index (χ4n) is 1.37. The number of carbonyl (C=O) groups excluding carboxylic acids is 6. The standard InChI is InChI=1S/3C6H11NO3.Al.3H/c3*1-5(8)10-6(9)3-2-4-7;;;;/h3*2-4,7H2,1H3;;;;. The molecule has 0 unspecified atom stereocenters. The third-order valence-electron chi connectivity index (χ3n) is 2.53. The lowest BCUT2D eigenvalue weighted by atomic mass is 10.3. The van der Waals surface area contributed by atoms with Gasteiger partial charge in [0.1, 0.15) is 0 Å². The summed E-state index contributed by atoms with van der Waals surface area (Å²) >= 11 is 0. The first-order chi connectivity index (χ1) is 14.0. The minimum Gasteiger partial charge on any atom is -0.393 e. The fourth-order valence-corrected chi connectivity index (χ4v) is 1.37. The van der Waals surface area contributed by atoms with Gasteiger partial charge in [0, 0.05) is 40.0 Å². The van der Waals surface area contributed by atoms with E-state index in [9.17, 15) is 28.8 Å². The van der Waals surface area contributed by atoms with E-state index in [0.29, 0.717) is 38.9 Å². The van der Waals surface area contributed by atoms with Crippen LogP contribution in [-0.2, 0) is 43.0 Å². The number of hydrogen-bond donors (Lipinski definition) is 3. The van der Waals surface area contributed by atoms with Crippen LogP contribution >= 0.6 is 0 Å². The van der Waals surface area contributed by atoms with Gasteiger partial charge in [-0.2, -0.15) is 0 Å². The first-order valence-corrected chi connectivity index (χ1v) is 9.23. The van der Waals surface area contributed by atoms with E-state index in [1.54, 1.807) is 0 Å². The molecular weight excluding hydrogens is 429 g/mol. The zero-order valence-electron chi connectivity index (χ0n) is 17.8. The Hall–Kier alpha value is -2.17. The summed E-state index contributed by atoms with van der Waals surface area (Å²) in [4.78, 5) is 62.0. The van der Waals surface area contributed by atoms with Gasteiger partial charge in [-0.25, -0.2) is 0 Å². The molecule has 0 spiro atoms. The van der Waals surface area contributed by atoms with Crippen molar-refractivity contribution >= 4 is 53.2 Å². The van der Waals surface area contributed by atoms with E-state index in [0.717, 1.165) is 0 Å². The summed E-state index contributed by atoms with van der Waals surface area (Å²) in [5.74, 6) is -3.21. The number of nitrogens with two attached hydrogens (primary N) is 3. The van der Waals surface area contributed by atoms with Gasteiger partial charge < -0.3 is 31.4 Å². The monoisotopic (exact) mass is 465 g/mol. The molecule has 31 heavy (non-hydrogen) atoms. The van der Waals surface area contributed by atoms with Gasteiger partial charge in [-0.3, -0.25) is 28.8 Å². The van der Waals surface area contributed by atoms with Crippen molar-refractivity contribution in [2.75, 3.05) is 19.6 Å². The van der Waals surface area contributed by atoms with E-state index in [1.165, 1.54) is 20.8 Å². The molecule has 0 aliphatic carbocycles. The second-order valence-electron chi connectivity index (χ2n) is 5.57. The maximum absolute atomic E-state index is 10.5. The van der Waals surface area contributed by atoms with Gasteiger partial charge in [-0.05, 0) is 38.9 Å². The van der Waals surface area contributed by atoms with Crippen molar-refractivity contribution in [3.63, 3.8) is 0 Å². The van der Waals surface area contributed by atoms with E-state index in [1.807, 2.05) is 0 Å². The highest BCUT2D eigenvalue weighted by molar-refractivity contribution is 5.84. The normalized spacial score (nSPS) is 8.71. The topological polar surface area (TPSA) is 208 Å². The van der Waals surface area contributed by atoms with Crippen LogP contribution in [0.2, 0.25) is 0 Å². The zero-order chi connectivity index (χ0) is 23.9. The third-order valence-corrected chi connectivity index (χ3v) is 2.53. The van der Waals surface area contributed by atoms with Gasteiger partial charge >= 0.3 is 35.8 Å². The lowest BCUT2D eigenvalue weighted by Gasteiger charge is -1.96. The molecule has 180 valence electrons. The first kappa shape index (κ1) is 36.2. The van der Waals surface area contributed by atoms with Crippen molar-refractivity contribution in [1.82, 2.24) is 0 Å². The maximum Gasteiger partial charge on any atom is 0.313 e. The highest BCUT2D eigenvalue weighted by Crippen LogP contribution is 1.91. The molecule has 0 aliphatic heterocycles. The molecule has 13 heteroatoms. The van der Waals surface area contributed by atoms with Crippen molar-refractivity contribution in [2.24, 2.45) is 17.2 Å². The molecule has 0 amide bonds. The van der Waals surface area contributed by atoms with E-state index in [2.05, 4.69) is 14.2 Å². The van der Waals surface area contributed by atoms with Crippen LogP contribution in [0.4, 0.5) is 0 Å². The van der Waals surface area contributed by atoms with Crippen LogP contribution in [0.25, 0.3) is 0 Å². The number of esters is 6. The van der Waals surface area contributed by atoms with E-state index in [4.69, 9.17) is 17.2 Å². The van der Waals surface area contributed by atoms with Gasteiger partial charge in [0.2, 0.25) is 0 Å². The Labute approximate surface area is 192 Å². The molecule has 0 aromatic rings. The highest BCUT2D eigenvalue weighted by Gasteiger charge is 2.04. The molecule has 0 aromatic heterocycles. The lowest BCUT2D eigenvalue weighted by Crippen LogP contribution is -2.10. The third kappa shape index (κ3) is 39.0. The molecule has 0 radical (unpaired) electrons. The zero-order valence-corrected chi connectivity index (χ0v) is 17.8. The van der Waals surface area contributed by atoms with Gasteiger partial charge in [0.25, 0.3) is 0 Å². The molecule has 0 bridgehead atoms. The van der Waals surface area contributed by atoms with Crippen molar-refractivity contribution in [1.29, 1.82) is 0 Å². The van der Waals surface area contributed by atoms with Crippen LogP contribution in [-0.4, -0.2) is 72.8 Å². The number of hydrogen-bond acceptors (Lipinski definition) is 12. The molecule has 0 atom stereocenters. The van der Waals surface area contributed by atoms with Crippen LogP contribution < -0.4 is 17.2 Å². The van der Waals surface area contributed by atoms with Gasteiger partial charge in [-0.1, -0.05) is 0 Å². The predicted molar refractivity (Wildman–Crippen MR) is 115 cm³/mol. The van der Waals surface area contributed by atoms with Crippen molar-refractivity contribution in [2.45, 2.75) is 59.3 Å². The Morgan fingerprint density at radius 2 is 0.710 bits per heavy atom. The van der Waals surface area contributed by atoms with E-state index in [-0.39, 0.29) is 36.6 Å². The summed E-state index contributed by atoms with van der Waals surface area (Å²) in [5, 5.41) is 0. The van der Waals surface area contributed by atoms with E-state index < -0.39 is 35.8 Å². The molecule has 0 saturated heterocycles. The highest BCUT2D eigenvalue weighted by atomic mass is 27.0. The van der Waals surface area contributed by atoms with Crippen LogP contribution in [0.15, 0.2) is 0 Å². The summed E-state index contributed by atoms with van der Waals surface area (Å²) in [6.07, 6.45) is 2.34.